The average molecular weight is 265 g/mol. The summed E-state index contributed by atoms with van der Waals surface area (Å²) >= 11 is 0. The van der Waals surface area contributed by atoms with E-state index in [9.17, 15) is 8.78 Å². The van der Waals surface area contributed by atoms with Crippen molar-refractivity contribution in [3.8, 4) is 5.88 Å². The van der Waals surface area contributed by atoms with Gasteiger partial charge in [-0.3, -0.25) is 0 Å². The molecule has 0 saturated heterocycles. The summed E-state index contributed by atoms with van der Waals surface area (Å²) in [6.07, 6.45) is 2.55. The molecule has 1 aromatic carbocycles. The third-order valence-electron chi connectivity index (χ3n) is 3.72. The normalized spacial score (nSPS) is 11.9. The maximum Gasteiger partial charge on any atom is 0.224 e. The van der Waals surface area contributed by atoms with E-state index in [2.05, 4.69) is 25.8 Å². The van der Waals surface area contributed by atoms with E-state index >= 15 is 0 Å². The molecule has 0 atom stereocenters. The zero-order valence-corrected chi connectivity index (χ0v) is 11.6. The first-order valence-corrected chi connectivity index (χ1v) is 6.23. The van der Waals surface area contributed by atoms with Crippen molar-refractivity contribution >= 4 is 10.8 Å². The molecule has 4 heteroatoms. The zero-order chi connectivity index (χ0) is 14.2. The molecular formula is C15H17F2NO. The number of pyridine rings is 1. The molecule has 2 nitrogen and oxygen atoms in total. The van der Waals surface area contributed by atoms with Gasteiger partial charge in [0.25, 0.3) is 0 Å². The fraction of sp³-hybridized carbons (Fsp3) is 0.400. The molecule has 0 aliphatic heterocycles. The fourth-order valence-electron chi connectivity index (χ4n) is 2.13. The molecule has 0 N–H and O–H groups in total. The lowest BCUT2D eigenvalue weighted by molar-refractivity contribution is 0.399. The molecule has 0 fully saturated rings. The number of hydrogen-bond donors (Lipinski definition) is 0. The number of nitrogens with zero attached hydrogens (tertiary/aromatic N) is 1. The number of halogens is 2. The van der Waals surface area contributed by atoms with E-state index in [1.54, 1.807) is 12.3 Å². The molecule has 0 radical (unpaired) electrons. The molecule has 0 spiro atoms. The first kappa shape index (κ1) is 13.7. The van der Waals surface area contributed by atoms with Gasteiger partial charge in [0.15, 0.2) is 11.6 Å². The second-order valence-electron chi connectivity index (χ2n) is 5.20. The summed E-state index contributed by atoms with van der Waals surface area (Å²) in [7, 11) is 1.40. The van der Waals surface area contributed by atoms with Gasteiger partial charge in [0.05, 0.1) is 12.5 Å². The summed E-state index contributed by atoms with van der Waals surface area (Å²) in [5.74, 6) is -1.68. The van der Waals surface area contributed by atoms with Gasteiger partial charge in [-0.05, 0) is 28.9 Å². The predicted molar refractivity (Wildman–Crippen MR) is 71.5 cm³/mol. The summed E-state index contributed by atoms with van der Waals surface area (Å²) in [5, 5.41) is 0.763. The Morgan fingerprint density at radius 3 is 2.53 bits per heavy atom. The first-order chi connectivity index (χ1) is 8.92. The summed E-state index contributed by atoms with van der Waals surface area (Å²) in [4.78, 5) is 4.11. The Kier molecular flexibility index (Phi) is 3.43. The van der Waals surface area contributed by atoms with E-state index in [4.69, 9.17) is 4.74 Å². The molecule has 1 heterocycles. The first-order valence-electron chi connectivity index (χ1n) is 6.23. The van der Waals surface area contributed by atoms with Crippen LogP contribution in [0.25, 0.3) is 10.8 Å². The summed E-state index contributed by atoms with van der Waals surface area (Å²) in [6.45, 7) is 6.16. The molecule has 0 bridgehead atoms. The van der Waals surface area contributed by atoms with Crippen LogP contribution >= 0.6 is 0 Å². The number of fused-ring (bicyclic) bond motifs is 1. The van der Waals surface area contributed by atoms with Crippen LogP contribution in [0.3, 0.4) is 0 Å². The van der Waals surface area contributed by atoms with Crippen LogP contribution in [-0.2, 0) is 5.41 Å². The van der Waals surface area contributed by atoms with Crippen LogP contribution in [0.1, 0.15) is 32.8 Å². The van der Waals surface area contributed by atoms with Crippen LogP contribution in [0.2, 0.25) is 0 Å². The number of benzene rings is 1. The Morgan fingerprint density at radius 2 is 1.95 bits per heavy atom. The van der Waals surface area contributed by atoms with Gasteiger partial charge in [0.1, 0.15) is 0 Å². The van der Waals surface area contributed by atoms with Crippen molar-refractivity contribution in [3.63, 3.8) is 0 Å². The summed E-state index contributed by atoms with van der Waals surface area (Å²) in [5.41, 5.74) is 0.728. The van der Waals surface area contributed by atoms with Crippen molar-refractivity contribution < 1.29 is 13.5 Å². The van der Waals surface area contributed by atoms with Gasteiger partial charge < -0.3 is 4.74 Å². The molecule has 0 aliphatic carbocycles. The van der Waals surface area contributed by atoms with Gasteiger partial charge in [-0.1, -0.05) is 26.8 Å². The van der Waals surface area contributed by atoms with Gasteiger partial charge in [0, 0.05) is 6.20 Å². The predicted octanol–water partition coefficient (Wildman–Crippen LogP) is 4.21. The number of ether oxygens (including phenoxy) is 1. The van der Waals surface area contributed by atoms with E-state index < -0.39 is 11.6 Å². The van der Waals surface area contributed by atoms with Crippen LogP contribution in [-0.4, -0.2) is 12.1 Å². The van der Waals surface area contributed by atoms with Gasteiger partial charge in [0.2, 0.25) is 5.88 Å². The van der Waals surface area contributed by atoms with Crippen LogP contribution < -0.4 is 4.74 Å². The highest BCUT2D eigenvalue weighted by Gasteiger charge is 2.24. The van der Waals surface area contributed by atoms with Gasteiger partial charge in [-0.25, -0.2) is 13.8 Å². The molecule has 2 aromatic rings. The SMILES string of the molecule is CCC(C)(C)c1cnc(OC)c2c(F)c(F)ccc12. The Balaban J connectivity index is 2.88. The van der Waals surface area contributed by atoms with Crippen molar-refractivity contribution in [2.75, 3.05) is 7.11 Å². The number of methoxy groups -OCH3 is 1. The number of rotatable bonds is 3. The molecule has 0 unspecified atom stereocenters. The molecule has 2 rings (SSSR count). The molecule has 102 valence electrons. The lowest BCUT2D eigenvalue weighted by Crippen LogP contribution is -2.17. The summed E-state index contributed by atoms with van der Waals surface area (Å²) in [6, 6.07) is 2.73. The summed E-state index contributed by atoms with van der Waals surface area (Å²) < 4.78 is 32.5. The largest absolute Gasteiger partial charge is 0.480 e. The minimum atomic E-state index is -0.907. The highest BCUT2D eigenvalue weighted by molar-refractivity contribution is 5.90. The molecule has 19 heavy (non-hydrogen) atoms. The minimum absolute atomic E-state index is 0.113. The van der Waals surface area contributed by atoms with Crippen LogP contribution in [0.5, 0.6) is 5.88 Å². The van der Waals surface area contributed by atoms with E-state index in [1.807, 2.05) is 0 Å². The van der Waals surface area contributed by atoms with E-state index in [0.29, 0.717) is 5.39 Å². The molecule has 0 saturated carbocycles. The lowest BCUT2D eigenvalue weighted by atomic mass is 9.81. The Hall–Kier alpha value is -1.71. The van der Waals surface area contributed by atoms with E-state index in [1.165, 1.54) is 7.11 Å². The second-order valence-corrected chi connectivity index (χ2v) is 5.20. The fourth-order valence-corrected chi connectivity index (χ4v) is 2.13. The molecule has 0 aliphatic rings. The Bertz CT molecular complexity index is 623. The Morgan fingerprint density at radius 1 is 1.26 bits per heavy atom. The quantitative estimate of drug-likeness (QED) is 0.829. The van der Waals surface area contributed by atoms with Crippen LogP contribution in [0.4, 0.5) is 8.78 Å². The van der Waals surface area contributed by atoms with Crippen molar-refractivity contribution in [2.45, 2.75) is 32.6 Å². The average Bonchev–Trinajstić information content (AvgIpc) is 2.41. The second kappa shape index (κ2) is 4.76. The van der Waals surface area contributed by atoms with E-state index in [0.717, 1.165) is 18.1 Å². The molecular weight excluding hydrogens is 248 g/mol. The topological polar surface area (TPSA) is 22.1 Å². The van der Waals surface area contributed by atoms with Crippen LogP contribution in [0, 0.1) is 11.6 Å². The van der Waals surface area contributed by atoms with Gasteiger partial charge in [-0.2, -0.15) is 0 Å². The zero-order valence-electron chi connectivity index (χ0n) is 11.6. The van der Waals surface area contributed by atoms with Crippen molar-refractivity contribution in [3.05, 3.63) is 35.5 Å². The van der Waals surface area contributed by atoms with Gasteiger partial charge >= 0.3 is 0 Å². The third kappa shape index (κ3) is 2.15. The highest BCUT2D eigenvalue weighted by Crippen LogP contribution is 2.37. The number of aromatic nitrogens is 1. The van der Waals surface area contributed by atoms with Crippen molar-refractivity contribution in [1.82, 2.24) is 4.98 Å². The van der Waals surface area contributed by atoms with E-state index in [-0.39, 0.29) is 16.7 Å². The third-order valence-corrected chi connectivity index (χ3v) is 3.72. The minimum Gasteiger partial charge on any atom is -0.480 e. The lowest BCUT2D eigenvalue weighted by Gasteiger charge is -2.25. The van der Waals surface area contributed by atoms with Crippen molar-refractivity contribution in [2.24, 2.45) is 0 Å². The monoisotopic (exact) mass is 265 g/mol. The standard InChI is InChI=1S/C15H17F2NO/c1-5-15(2,3)10-8-18-14(19-4)12-9(10)6-7-11(16)13(12)17/h6-8H,5H2,1-4H3. The maximum absolute atomic E-state index is 14.0. The maximum atomic E-state index is 14.0. The number of hydrogen-bond acceptors (Lipinski definition) is 2. The van der Waals surface area contributed by atoms with Crippen LogP contribution in [0.15, 0.2) is 18.3 Å². The highest BCUT2D eigenvalue weighted by atomic mass is 19.2. The smallest absolute Gasteiger partial charge is 0.224 e. The van der Waals surface area contributed by atoms with Crippen molar-refractivity contribution in [1.29, 1.82) is 0 Å². The Labute approximate surface area is 111 Å². The van der Waals surface area contributed by atoms with Gasteiger partial charge in [-0.15, -0.1) is 0 Å². The molecule has 0 amide bonds. The molecule has 1 aromatic heterocycles.